The fraction of sp³-hybridized carbons (Fsp3) is 0.385. The minimum atomic E-state index is -0.214. The van der Waals surface area contributed by atoms with Crippen LogP contribution in [0.2, 0.25) is 0 Å². The molecule has 1 unspecified atom stereocenters. The Balaban J connectivity index is 1.39. The molecule has 1 atom stereocenters. The Bertz CT molecular complexity index is 1060. The lowest BCUT2D eigenvalue weighted by Gasteiger charge is -2.25. The molecule has 1 amide bonds. The van der Waals surface area contributed by atoms with E-state index in [4.69, 9.17) is 9.47 Å². The van der Waals surface area contributed by atoms with Gasteiger partial charge >= 0.3 is 0 Å². The van der Waals surface area contributed by atoms with Crippen LogP contribution in [-0.2, 0) is 28.9 Å². The van der Waals surface area contributed by atoms with E-state index in [0.717, 1.165) is 35.7 Å². The maximum absolute atomic E-state index is 13.8. The number of nitrogens with zero attached hydrogens (tertiary/aromatic N) is 2. The summed E-state index contributed by atoms with van der Waals surface area (Å²) in [5.41, 5.74) is 2.43. The minimum Gasteiger partial charge on any atom is -0.493 e. The SMILES string of the molecule is Cc1nc(CC(=O)N(Cc2cccc(OCCc3ccccc3F)c2)CC2CCCO2)cs1. The Labute approximate surface area is 198 Å². The first-order chi connectivity index (χ1) is 16.1. The standard InChI is InChI=1S/C26H29FN2O3S/c1-19-28-22(18-33-19)15-26(30)29(17-24-9-5-12-31-24)16-20-6-4-8-23(14-20)32-13-11-21-7-2-3-10-25(21)27/h2-4,6-8,10,14,18,24H,5,9,11-13,15-17H2,1H3. The predicted molar refractivity (Wildman–Crippen MR) is 127 cm³/mol. The Hall–Kier alpha value is -2.77. The fourth-order valence-electron chi connectivity index (χ4n) is 3.98. The number of halogens is 1. The van der Waals surface area contributed by atoms with Gasteiger partial charge in [0, 0.05) is 31.5 Å². The molecule has 2 aromatic carbocycles. The van der Waals surface area contributed by atoms with E-state index in [9.17, 15) is 9.18 Å². The van der Waals surface area contributed by atoms with E-state index in [0.29, 0.717) is 37.4 Å². The van der Waals surface area contributed by atoms with E-state index < -0.39 is 0 Å². The summed E-state index contributed by atoms with van der Waals surface area (Å²) in [4.78, 5) is 19.4. The second-order valence-corrected chi connectivity index (χ2v) is 9.34. The average Bonchev–Trinajstić information content (AvgIpc) is 3.46. The van der Waals surface area contributed by atoms with Crippen LogP contribution < -0.4 is 4.74 Å². The first-order valence-electron chi connectivity index (χ1n) is 11.3. The molecule has 1 saturated heterocycles. The highest BCUT2D eigenvalue weighted by Crippen LogP contribution is 2.20. The molecule has 1 fully saturated rings. The van der Waals surface area contributed by atoms with E-state index in [1.165, 1.54) is 6.07 Å². The lowest BCUT2D eigenvalue weighted by atomic mass is 10.1. The van der Waals surface area contributed by atoms with Crippen molar-refractivity contribution in [2.75, 3.05) is 19.8 Å². The van der Waals surface area contributed by atoms with Crippen LogP contribution in [0.1, 0.15) is 34.7 Å². The highest BCUT2D eigenvalue weighted by atomic mass is 32.1. The van der Waals surface area contributed by atoms with Crippen LogP contribution in [-0.4, -0.2) is 41.7 Å². The zero-order valence-electron chi connectivity index (χ0n) is 18.8. The van der Waals surface area contributed by atoms with Crippen LogP contribution in [0.4, 0.5) is 4.39 Å². The number of hydrogen-bond acceptors (Lipinski definition) is 5. The zero-order valence-corrected chi connectivity index (χ0v) is 19.7. The number of rotatable bonds is 10. The molecule has 1 aliphatic rings. The number of aryl methyl sites for hydroxylation is 1. The average molecular weight is 469 g/mol. The molecule has 2 heterocycles. The van der Waals surface area contributed by atoms with Crippen LogP contribution in [0.15, 0.2) is 53.9 Å². The molecule has 1 aliphatic heterocycles. The van der Waals surface area contributed by atoms with Gasteiger partial charge < -0.3 is 14.4 Å². The van der Waals surface area contributed by atoms with E-state index in [2.05, 4.69) is 4.98 Å². The van der Waals surface area contributed by atoms with E-state index >= 15 is 0 Å². The first kappa shape index (κ1) is 23.4. The molecule has 1 aromatic heterocycles. The predicted octanol–water partition coefficient (Wildman–Crippen LogP) is 4.96. The highest BCUT2D eigenvalue weighted by molar-refractivity contribution is 7.09. The van der Waals surface area contributed by atoms with Crippen molar-refractivity contribution in [3.05, 3.63) is 81.6 Å². The molecule has 0 N–H and O–H groups in total. The molecule has 0 saturated carbocycles. The normalized spacial score (nSPS) is 15.5. The van der Waals surface area contributed by atoms with Gasteiger partial charge in [0.25, 0.3) is 0 Å². The Morgan fingerprint density at radius 2 is 2.15 bits per heavy atom. The molecule has 0 bridgehead atoms. The summed E-state index contributed by atoms with van der Waals surface area (Å²) in [6, 6.07) is 14.5. The Kier molecular flexibility index (Phi) is 8.07. The molecule has 3 aromatic rings. The molecule has 174 valence electrons. The highest BCUT2D eigenvalue weighted by Gasteiger charge is 2.23. The Morgan fingerprint density at radius 1 is 1.27 bits per heavy atom. The van der Waals surface area contributed by atoms with Gasteiger partial charge in [-0.2, -0.15) is 0 Å². The lowest BCUT2D eigenvalue weighted by Crippen LogP contribution is -2.37. The van der Waals surface area contributed by atoms with Gasteiger partial charge in [0.15, 0.2) is 0 Å². The van der Waals surface area contributed by atoms with Gasteiger partial charge in [-0.1, -0.05) is 30.3 Å². The molecule has 0 spiro atoms. The molecule has 4 rings (SSSR count). The molecular formula is C26H29FN2O3S. The lowest BCUT2D eigenvalue weighted by molar-refractivity contribution is -0.132. The monoisotopic (exact) mass is 468 g/mol. The number of hydrogen-bond donors (Lipinski definition) is 0. The number of amides is 1. The summed E-state index contributed by atoms with van der Waals surface area (Å²) in [7, 11) is 0. The summed E-state index contributed by atoms with van der Waals surface area (Å²) >= 11 is 1.56. The molecule has 0 aliphatic carbocycles. The quantitative estimate of drug-likeness (QED) is 0.422. The van der Waals surface area contributed by atoms with Gasteiger partial charge in [-0.3, -0.25) is 4.79 Å². The number of ether oxygens (including phenoxy) is 2. The van der Waals surface area contributed by atoms with Crippen molar-refractivity contribution in [2.24, 2.45) is 0 Å². The van der Waals surface area contributed by atoms with Crippen LogP contribution in [0.3, 0.4) is 0 Å². The van der Waals surface area contributed by atoms with E-state index in [-0.39, 0.29) is 24.2 Å². The number of thiazole rings is 1. The van der Waals surface area contributed by atoms with Crippen LogP contribution in [0.25, 0.3) is 0 Å². The summed E-state index contributed by atoms with van der Waals surface area (Å²) in [5, 5.41) is 2.91. The number of carbonyl (C=O) groups excluding carboxylic acids is 1. The second kappa shape index (κ2) is 11.4. The topological polar surface area (TPSA) is 51.7 Å². The summed E-state index contributed by atoms with van der Waals surface area (Å²) in [5.74, 6) is 0.540. The van der Waals surface area contributed by atoms with Gasteiger partial charge in [-0.15, -0.1) is 11.3 Å². The van der Waals surface area contributed by atoms with Crippen molar-refractivity contribution in [3.63, 3.8) is 0 Å². The van der Waals surface area contributed by atoms with Crippen molar-refractivity contribution in [1.82, 2.24) is 9.88 Å². The Morgan fingerprint density at radius 3 is 2.91 bits per heavy atom. The molecule has 5 nitrogen and oxygen atoms in total. The maximum atomic E-state index is 13.8. The van der Waals surface area contributed by atoms with Crippen molar-refractivity contribution in [1.29, 1.82) is 0 Å². The summed E-state index contributed by atoms with van der Waals surface area (Å²) < 4.78 is 25.5. The maximum Gasteiger partial charge on any atom is 0.229 e. The summed E-state index contributed by atoms with van der Waals surface area (Å²) in [6.07, 6.45) is 2.86. The smallest absolute Gasteiger partial charge is 0.229 e. The molecule has 0 radical (unpaired) electrons. The van der Waals surface area contributed by atoms with Gasteiger partial charge in [-0.05, 0) is 49.1 Å². The zero-order chi connectivity index (χ0) is 23.0. The summed E-state index contributed by atoms with van der Waals surface area (Å²) in [6.45, 7) is 4.13. The van der Waals surface area contributed by atoms with Crippen LogP contribution >= 0.6 is 11.3 Å². The van der Waals surface area contributed by atoms with Gasteiger partial charge in [0.2, 0.25) is 5.91 Å². The van der Waals surface area contributed by atoms with Crippen molar-refractivity contribution >= 4 is 17.2 Å². The second-order valence-electron chi connectivity index (χ2n) is 8.28. The van der Waals surface area contributed by atoms with Crippen molar-refractivity contribution in [2.45, 2.75) is 45.3 Å². The van der Waals surface area contributed by atoms with E-state index in [1.54, 1.807) is 23.5 Å². The fourth-order valence-corrected chi connectivity index (χ4v) is 4.59. The largest absolute Gasteiger partial charge is 0.493 e. The number of benzene rings is 2. The van der Waals surface area contributed by atoms with Crippen LogP contribution in [0, 0.1) is 12.7 Å². The number of aromatic nitrogens is 1. The minimum absolute atomic E-state index is 0.0432. The van der Waals surface area contributed by atoms with Gasteiger partial charge in [0.05, 0.1) is 29.8 Å². The molecule has 33 heavy (non-hydrogen) atoms. The third-order valence-corrected chi connectivity index (χ3v) is 6.49. The first-order valence-corrected chi connectivity index (χ1v) is 12.2. The molecule has 7 heteroatoms. The van der Waals surface area contributed by atoms with E-state index in [1.807, 2.05) is 47.5 Å². The van der Waals surface area contributed by atoms with Crippen molar-refractivity contribution < 1.29 is 18.7 Å². The van der Waals surface area contributed by atoms with Gasteiger partial charge in [0.1, 0.15) is 11.6 Å². The van der Waals surface area contributed by atoms with Crippen molar-refractivity contribution in [3.8, 4) is 5.75 Å². The molecular weight excluding hydrogens is 439 g/mol. The van der Waals surface area contributed by atoms with Crippen LogP contribution in [0.5, 0.6) is 5.75 Å². The third kappa shape index (κ3) is 6.85. The van der Waals surface area contributed by atoms with Gasteiger partial charge in [-0.25, -0.2) is 9.37 Å². The number of carbonyl (C=O) groups is 1. The third-order valence-electron chi connectivity index (χ3n) is 5.67.